The van der Waals surface area contributed by atoms with Crippen molar-refractivity contribution in [2.24, 2.45) is 5.11 Å². The zero-order valence-corrected chi connectivity index (χ0v) is 15.5. The number of nitrogens with zero attached hydrogens (tertiary/aromatic N) is 3. The maximum Gasteiger partial charge on any atom is 0.165 e. The van der Waals surface area contributed by atoms with Gasteiger partial charge in [0, 0.05) is 40.4 Å². The Labute approximate surface area is 148 Å². The summed E-state index contributed by atoms with van der Waals surface area (Å²) in [7, 11) is 0. The molecule has 0 fully saturated rings. The number of nitrogens with one attached hydrogen (secondary N) is 1. The number of halogens is 2. The summed E-state index contributed by atoms with van der Waals surface area (Å²) in [6, 6.07) is 1.12. The van der Waals surface area contributed by atoms with Crippen LogP contribution in [0.1, 0.15) is 38.8 Å². The SMILES string of the molecule is CC1(CN=[N+]=[N-])Cc2cc(F)c(F)c(CCN[S@+]([O-])C(C)(C)C)c2O1. The van der Waals surface area contributed by atoms with Crippen LogP contribution in [0.4, 0.5) is 8.78 Å². The number of benzene rings is 1. The van der Waals surface area contributed by atoms with Crippen molar-refractivity contribution in [1.29, 1.82) is 0 Å². The highest BCUT2D eigenvalue weighted by atomic mass is 32.2. The lowest BCUT2D eigenvalue weighted by Gasteiger charge is -2.24. The average molecular weight is 372 g/mol. The summed E-state index contributed by atoms with van der Waals surface area (Å²) in [5.41, 5.74) is 8.30. The van der Waals surface area contributed by atoms with Crippen molar-refractivity contribution in [3.63, 3.8) is 0 Å². The minimum absolute atomic E-state index is 0.0626. The lowest BCUT2D eigenvalue weighted by molar-refractivity contribution is 0.124. The van der Waals surface area contributed by atoms with Gasteiger partial charge < -0.3 is 9.29 Å². The molecule has 1 heterocycles. The van der Waals surface area contributed by atoms with Crippen LogP contribution in [0.3, 0.4) is 0 Å². The molecule has 1 N–H and O–H groups in total. The first-order valence-corrected chi connectivity index (χ1v) is 9.07. The fraction of sp³-hybridized carbons (Fsp3) is 0.625. The number of azide groups is 1. The summed E-state index contributed by atoms with van der Waals surface area (Å²) in [6.45, 7) is 7.47. The zero-order valence-electron chi connectivity index (χ0n) is 14.7. The maximum atomic E-state index is 14.3. The Kier molecular flexibility index (Phi) is 5.83. The van der Waals surface area contributed by atoms with Crippen LogP contribution in [0.5, 0.6) is 5.75 Å². The smallest absolute Gasteiger partial charge is 0.165 e. The minimum Gasteiger partial charge on any atom is -0.598 e. The van der Waals surface area contributed by atoms with E-state index in [2.05, 4.69) is 14.7 Å². The normalized spacial score (nSPS) is 20.6. The van der Waals surface area contributed by atoms with Crippen molar-refractivity contribution in [3.05, 3.63) is 39.3 Å². The van der Waals surface area contributed by atoms with Crippen molar-refractivity contribution >= 4 is 11.4 Å². The summed E-state index contributed by atoms with van der Waals surface area (Å²) in [4.78, 5) is 2.71. The van der Waals surface area contributed by atoms with Crippen LogP contribution in [-0.4, -0.2) is 28.0 Å². The van der Waals surface area contributed by atoms with Gasteiger partial charge in [-0.05, 0) is 45.7 Å². The second kappa shape index (κ2) is 7.37. The van der Waals surface area contributed by atoms with Gasteiger partial charge in [-0.15, -0.1) is 4.72 Å². The molecule has 0 saturated heterocycles. The number of rotatable bonds is 6. The van der Waals surface area contributed by atoms with E-state index in [0.717, 1.165) is 6.07 Å². The monoisotopic (exact) mass is 372 g/mol. The molecule has 6 nitrogen and oxygen atoms in total. The van der Waals surface area contributed by atoms with E-state index in [1.54, 1.807) is 6.92 Å². The van der Waals surface area contributed by atoms with Crippen LogP contribution in [0.15, 0.2) is 11.2 Å². The number of ether oxygens (including phenoxy) is 1. The summed E-state index contributed by atoms with van der Waals surface area (Å²) in [5, 5.41) is 3.51. The molecule has 0 saturated carbocycles. The van der Waals surface area contributed by atoms with E-state index >= 15 is 0 Å². The van der Waals surface area contributed by atoms with Gasteiger partial charge in [0.25, 0.3) is 0 Å². The van der Waals surface area contributed by atoms with E-state index in [0.29, 0.717) is 12.0 Å². The summed E-state index contributed by atoms with van der Waals surface area (Å²) in [6.07, 6.45) is 0.457. The Balaban J connectivity index is 2.19. The van der Waals surface area contributed by atoms with Gasteiger partial charge in [-0.3, -0.25) is 0 Å². The summed E-state index contributed by atoms with van der Waals surface area (Å²) < 4.78 is 48.4. The standard InChI is InChI=1S/C16H22F2N4O2S/c1-15(2,3)25(23)21-6-5-11-13(18)12(17)7-10-8-16(4,9-20-22-19)24-14(10)11/h7,21H,5-6,8-9H2,1-4H3/t16?,25-/m1/s1. The van der Waals surface area contributed by atoms with Gasteiger partial charge in [0.05, 0.1) is 6.54 Å². The molecule has 1 aromatic carbocycles. The van der Waals surface area contributed by atoms with Gasteiger partial charge in [-0.25, -0.2) is 8.78 Å². The Hall–Kier alpha value is -1.54. The van der Waals surface area contributed by atoms with Crippen LogP contribution >= 0.6 is 0 Å². The summed E-state index contributed by atoms with van der Waals surface area (Å²) >= 11 is -1.30. The Morgan fingerprint density at radius 1 is 1.48 bits per heavy atom. The van der Waals surface area contributed by atoms with Gasteiger partial charge in [-0.2, -0.15) is 0 Å². The molecule has 0 spiro atoms. The Morgan fingerprint density at radius 2 is 2.16 bits per heavy atom. The molecule has 2 atom stereocenters. The van der Waals surface area contributed by atoms with Crippen LogP contribution in [0.2, 0.25) is 0 Å². The van der Waals surface area contributed by atoms with E-state index in [9.17, 15) is 13.3 Å². The molecule has 0 amide bonds. The average Bonchev–Trinajstić information content (AvgIpc) is 2.84. The molecule has 1 aromatic rings. The second-order valence-corrected chi connectivity index (χ2v) is 9.33. The van der Waals surface area contributed by atoms with Crippen LogP contribution in [-0.2, 0) is 24.2 Å². The third-order valence-electron chi connectivity index (χ3n) is 3.89. The molecule has 1 aliphatic heterocycles. The van der Waals surface area contributed by atoms with E-state index in [-0.39, 0.29) is 30.8 Å². The fourth-order valence-corrected chi connectivity index (χ4v) is 3.36. The molecule has 2 rings (SSSR count). The zero-order chi connectivity index (χ0) is 18.8. The highest BCUT2D eigenvalue weighted by molar-refractivity contribution is 7.90. The lowest BCUT2D eigenvalue weighted by Crippen LogP contribution is -2.40. The lowest BCUT2D eigenvalue weighted by atomic mass is 9.97. The number of hydrogen-bond acceptors (Lipinski definition) is 4. The van der Waals surface area contributed by atoms with Crippen molar-refractivity contribution in [2.45, 2.75) is 50.9 Å². The van der Waals surface area contributed by atoms with Gasteiger partial charge >= 0.3 is 0 Å². The van der Waals surface area contributed by atoms with E-state index < -0.39 is 33.3 Å². The molecule has 0 radical (unpaired) electrons. The first-order chi connectivity index (χ1) is 11.6. The fourth-order valence-electron chi connectivity index (χ4n) is 2.64. The molecule has 0 aliphatic carbocycles. The predicted octanol–water partition coefficient (Wildman–Crippen LogP) is 3.56. The molecule has 0 aromatic heterocycles. The van der Waals surface area contributed by atoms with E-state index in [1.807, 2.05) is 20.8 Å². The van der Waals surface area contributed by atoms with Gasteiger partial charge in [0.2, 0.25) is 0 Å². The molecule has 138 valence electrons. The van der Waals surface area contributed by atoms with Crippen LogP contribution < -0.4 is 9.46 Å². The summed E-state index contributed by atoms with van der Waals surface area (Å²) in [5.74, 6) is -1.62. The number of hydrogen-bond donors (Lipinski definition) is 1. The van der Waals surface area contributed by atoms with Crippen molar-refractivity contribution < 1.29 is 18.1 Å². The predicted molar refractivity (Wildman–Crippen MR) is 92.7 cm³/mol. The maximum absolute atomic E-state index is 14.3. The molecular weight excluding hydrogens is 350 g/mol. The molecule has 25 heavy (non-hydrogen) atoms. The Bertz CT molecular complexity index is 704. The largest absolute Gasteiger partial charge is 0.598 e. The molecule has 1 aliphatic rings. The quantitative estimate of drug-likeness (QED) is 0.358. The van der Waals surface area contributed by atoms with Crippen LogP contribution in [0, 0.1) is 11.6 Å². The third kappa shape index (κ3) is 4.55. The second-order valence-electron chi connectivity index (χ2n) is 7.28. The number of fused-ring (bicyclic) bond motifs is 1. The van der Waals surface area contributed by atoms with Crippen molar-refractivity contribution in [2.75, 3.05) is 13.1 Å². The first kappa shape index (κ1) is 19.8. The molecular formula is C16H22F2N4O2S. The first-order valence-electron chi connectivity index (χ1n) is 7.92. The van der Waals surface area contributed by atoms with Crippen molar-refractivity contribution in [1.82, 2.24) is 4.72 Å². The molecule has 0 bridgehead atoms. The van der Waals surface area contributed by atoms with E-state index in [4.69, 9.17) is 10.3 Å². The molecule has 9 heteroatoms. The third-order valence-corrected chi connectivity index (χ3v) is 5.47. The van der Waals surface area contributed by atoms with Gasteiger partial charge in [0.1, 0.15) is 16.1 Å². The molecule has 1 unspecified atom stereocenters. The topological polar surface area (TPSA) is 93.1 Å². The Morgan fingerprint density at radius 3 is 2.76 bits per heavy atom. The van der Waals surface area contributed by atoms with Crippen LogP contribution in [0.25, 0.3) is 10.4 Å². The van der Waals surface area contributed by atoms with Gasteiger partial charge in [-0.1, -0.05) is 5.11 Å². The minimum atomic E-state index is -1.30. The van der Waals surface area contributed by atoms with E-state index in [1.165, 1.54) is 0 Å². The van der Waals surface area contributed by atoms with Crippen molar-refractivity contribution in [3.8, 4) is 5.75 Å². The van der Waals surface area contributed by atoms with Gasteiger partial charge in [0.15, 0.2) is 11.6 Å². The highest BCUT2D eigenvalue weighted by Gasteiger charge is 2.37. The highest BCUT2D eigenvalue weighted by Crippen LogP contribution is 2.40.